The molecule has 0 unspecified atom stereocenters. The molecule has 0 spiro atoms. The SMILES string of the molecule is CC(C)(CC=O)N(Cc1ccccc1)C(=O)O. The largest absolute Gasteiger partial charge is 0.465 e. The van der Waals surface area contributed by atoms with Gasteiger partial charge in [-0.05, 0) is 19.4 Å². The quantitative estimate of drug-likeness (QED) is 0.798. The maximum Gasteiger partial charge on any atom is 0.408 e. The average Bonchev–Trinajstić information content (AvgIpc) is 2.26. The molecular weight excluding hydrogens is 218 g/mol. The van der Waals surface area contributed by atoms with Crippen LogP contribution in [0.1, 0.15) is 25.8 Å². The molecule has 0 saturated carbocycles. The van der Waals surface area contributed by atoms with Crippen LogP contribution in [-0.2, 0) is 11.3 Å². The van der Waals surface area contributed by atoms with Gasteiger partial charge < -0.3 is 9.90 Å². The zero-order chi connectivity index (χ0) is 12.9. The minimum absolute atomic E-state index is 0.187. The number of hydrogen-bond acceptors (Lipinski definition) is 2. The summed E-state index contributed by atoms with van der Waals surface area (Å²) in [6.45, 7) is 3.79. The van der Waals surface area contributed by atoms with Crippen LogP contribution in [0.2, 0.25) is 0 Å². The first-order valence-electron chi connectivity index (χ1n) is 5.45. The van der Waals surface area contributed by atoms with E-state index in [2.05, 4.69) is 0 Å². The summed E-state index contributed by atoms with van der Waals surface area (Å²) in [5, 5.41) is 9.21. The zero-order valence-electron chi connectivity index (χ0n) is 10.1. The van der Waals surface area contributed by atoms with E-state index in [1.54, 1.807) is 13.8 Å². The lowest BCUT2D eigenvalue weighted by Gasteiger charge is -2.35. The second-order valence-electron chi connectivity index (χ2n) is 4.54. The summed E-state index contributed by atoms with van der Waals surface area (Å²) in [7, 11) is 0. The van der Waals surface area contributed by atoms with Gasteiger partial charge in [-0.15, -0.1) is 0 Å². The summed E-state index contributed by atoms with van der Waals surface area (Å²) in [5.41, 5.74) is 0.220. The van der Waals surface area contributed by atoms with Crippen LogP contribution < -0.4 is 0 Å². The van der Waals surface area contributed by atoms with Crippen molar-refractivity contribution in [1.29, 1.82) is 0 Å². The molecule has 0 aliphatic heterocycles. The third-order valence-corrected chi connectivity index (χ3v) is 2.73. The van der Waals surface area contributed by atoms with Crippen molar-refractivity contribution in [1.82, 2.24) is 4.90 Å². The molecule has 1 rings (SSSR count). The van der Waals surface area contributed by atoms with Crippen molar-refractivity contribution in [3.05, 3.63) is 35.9 Å². The fourth-order valence-corrected chi connectivity index (χ4v) is 1.62. The smallest absolute Gasteiger partial charge is 0.408 e. The van der Waals surface area contributed by atoms with Crippen LogP contribution in [0.15, 0.2) is 30.3 Å². The van der Waals surface area contributed by atoms with Crippen LogP contribution in [0.25, 0.3) is 0 Å². The minimum atomic E-state index is -1.01. The third-order valence-electron chi connectivity index (χ3n) is 2.73. The molecule has 1 aromatic rings. The Labute approximate surface area is 101 Å². The van der Waals surface area contributed by atoms with Gasteiger partial charge in [-0.1, -0.05) is 30.3 Å². The maximum absolute atomic E-state index is 11.2. The van der Waals surface area contributed by atoms with Crippen LogP contribution in [0, 0.1) is 0 Å². The molecule has 0 aliphatic rings. The van der Waals surface area contributed by atoms with Crippen molar-refractivity contribution >= 4 is 12.4 Å². The lowest BCUT2D eigenvalue weighted by molar-refractivity contribution is -0.109. The normalized spacial score (nSPS) is 10.9. The van der Waals surface area contributed by atoms with Crippen molar-refractivity contribution in [2.24, 2.45) is 0 Å². The number of amides is 1. The number of benzene rings is 1. The molecule has 0 saturated heterocycles. The molecule has 0 fully saturated rings. The van der Waals surface area contributed by atoms with Gasteiger partial charge in [0.25, 0.3) is 0 Å². The number of carbonyl (C=O) groups excluding carboxylic acids is 1. The average molecular weight is 235 g/mol. The Kier molecular flexibility index (Phi) is 4.26. The van der Waals surface area contributed by atoms with E-state index in [4.69, 9.17) is 0 Å². The summed E-state index contributed by atoms with van der Waals surface area (Å²) in [5.74, 6) is 0. The van der Waals surface area contributed by atoms with E-state index in [1.807, 2.05) is 30.3 Å². The van der Waals surface area contributed by atoms with Gasteiger partial charge in [0.2, 0.25) is 0 Å². The first-order chi connectivity index (χ1) is 7.97. The molecule has 0 aromatic heterocycles. The van der Waals surface area contributed by atoms with Gasteiger partial charge in [0.1, 0.15) is 6.29 Å². The summed E-state index contributed by atoms with van der Waals surface area (Å²) >= 11 is 0. The Morgan fingerprint density at radius 2 is 1.94 bits per heavy atom. The van der Waals surface area contributed by atoms with Crippen molar-refractivity contribution in [2.75, 3.05) is 0 Å². The highest BCUT2D eigenvalue weighted by atomic mass is 16.4. The van der Waals surface area contributed by atoms with Gasteiger partial charge in [-0.3, -0.25) is 4.90 Å². The van der Waals surface area contributed by atoms with Crippen molar-refractivity contribution in [3.63, 3.8) is 0 Å². The molecule has 1 N–H and O–H groups in total. The Hall–Kier alpha value is -1.84. The number of hydrogen-bond donors (Lipinski definition) is 1. The Morgan fingerprint density at radius 3 is 2.41 bits per heavy atom. The van der Waals surface area contributed by atoms with Crippen LogP contribution in [0.4, 0.5) is 4.79 Å². The first kappa shape index (κ1) is 13.2. The molecule has 92 valence electrons. The van der Waals surface area contributed by atoms with Crippen LogP contribution in [0.3, 0.4) is 0 Å². The van der Waals surface area contributed by atoms with E-state index >= 15 is 0 Å². The van der Waals surface area contributed by atoms with Crippen molar-refractivity contribution in [2.45, 2.75) is 32.4 Å². The third kappa shape index (κ3) is 3.59. The fraction of sp³-hybridized carbons (Fsp3) is 0.385. The molecule has 1 aromatic carbocycles. The molecule has 0 atom stereocenters. The molecule has 1 amide bonds. The Morgan fingerprint density at radius 1 is 1.35 bits per heavy atom. The molecule has 4 heteroatoms. The number of rotatable bonds is 5. The molecule has 4 nitrogen and oxygen atoms in total. The van der Waals surface area contributed by atoms with Crippen LogP contribution in [-0.4, -0.2) is 27.9 Å². The standard InChI is InChI=1S/C13H17NO3/c1-13(2,8-9-15)14(12(16)17)10-11-6-4-3-5-7-11/h3-7,9H,8,10H2,1-2H3,(H,16,17). The van der Waals surface area contributed by atoms with Crippen LogP contribution >= 0.6 is 0 Å². The van der Waals surface area contributed by atoms with E-state index in [1.165, 1.54) is 4.90 Å². The van der Waals surface area contributed by atoms with Gasteiger partial charge in [0, 0.05) is 18.5 Å². The minimum Gasteiger partial charge on any atom is -0.465 e. The van der Waals surface area contributed by atoms with Gasteiger partial charge in [0.15, 0.2) is 0 Å². The molecule has 0 aliphatic carbocycles. The summed E-state index contributed by atoms with van der Waals surface area (Å²) in [4.78, 5) is 23.1. The van der Waals surface area contributed by atoms with Crippen molar-refractivity contribution in [3.8, 4) is 0 Å². The van der Waals surface area contributed by atoms with E-state index < -0.39 is 11.6 Å². The number of aldehydes is 1. The molecule has 0 radical (unpaired) electrons. The lowest BCUT2D eigenvalue weighted by Crippen LogP contribution is -2.46. The van der Waals surface area contributed by atoms with Gasteiger partial charge in [-0.25, -0.2) is 4.79 Å². The molecule has 0 heterocycles. The van der Waals surface area contributed by atoms with Gasteiger partial charge in [0.05, 0.1) is 0 Å². The highest BCUT2D eigenvalue weighted by Gasteiger charge is 2.30. The lowest BCUT2D eigenvalue weighted by atomic mass is 9.98. The maximum atomic E-state index is 11.2. The summed E-state index contributed by atoms with van der Waals surface area (Å²) in [6, 6.07) is 9.34. The van der Waals surface area contributed by atoms with E-state index in [9.17, 15) is 14.7 Å². The Bertz CT molecular complexity index is 387. The summed E-state index contributed by atoms with van der Waals surface area (Å²) < 4.78 is 0. The zero-order valence-corrected chi connectivity index (χ0v) is 10.1. The predicted molar refractivity (Wildman–Crippen MR) is 64.8 cm³/mol. The number of carboxylic acid groups (broad SMARTS) is 1. The first-order valence-corrected chi connectivity index (χ1v) is 5.45. The predicted octanol–water partition coefficient (Wildman–Crippen LogP) is 2.53. The second-order valence-corrected chi connectivity index (χ2v) is 4.54. The van der Waals surface area contributed by atoms with E-state index in [0.29, 0.717) is 0 Å². The fourth-order valence-electron chi connectivity index (χ4n) is 1.62. The summed E-state index contributed by atoms with van der Waals surface area (Å²) in [6.07, 6.45) is -0.0757. The molecule has 0 bridgehead atoms. The Balaban J connectivity index is 2.87. The van der Waals surface area contributed by atoms with E-state index in [-0.39, 0.29) is 13.0 Å². The molecular formula is C13H17NO3. The van der Waals surface area contributed by atoms with Crippen LogP contribution in [0.5, 0.6) is 0 Å². The second kappa shape index (κ2) is 5.48. The highest BCUT2D eigenvalue weighted by Crippen LogP contribution is 2.20. The highest BCUT2D eigenvalue weighted by molar-refractivity contribution is 5.67. The number of carbonyl (C=O) groups is 2. The van der Waals surface area contributed by atoms with Gasteiger partial charge >= 0.3 is 6.09 Å². The topological polar surface area (TPSA) is 57.6 Å². The monoisotopic (exact) mass is 235 g/mol. The van der Waals surface area contributed by atoms with Gasteiger partial charge in [-0.2, -0.15) is 0 Å². The van der Waals surface area contributed by atoms with E-state index in [0.717, 1.165) is 11.8 Å². The molecule has 17 heavy (non-hydrogen) atoms. The van der Waals surface area contributed by atoms with Crippen molar-refractivity contribution < 1.29 is 14.7 Å². The number of nitrogens with zero attached hydrogens (tertiary/aromatic N) is 1.